The standard InChI is InChI=1S/C13H17BrO2/c1-10-9-11(6-7-13(10)16-2)12(15)5-3-4-8-14/h6-7,9H,3-5,8H2,1-2H3. The number of rotatable bonds is 6. The van der Waals surface area contributed by atoms with Crippen molar-refractivity contribution in [1.29, 1.82) is 0 Å². The van der Waals surface area contributed by atoms with Crippen LogP contribution in [0.2, 0.25) is 0 Å². The van der Waals surface area contributed by atoms with Crippen LogP contribution < -0.4 is 4.74 Å². The number of halogens is 1. The minimum Gasteiger partial charge on any atom is -0.496 e. The van der Waals surface area contributed by atoms with Gasteiger partial charge < -0.3 is 4.74 Å². The van der Waals surface area contributed by atoms with E-state index in [0.29, 0.717) is 6.42 Å². The molecule has 0 heterocycles. The maximum atomic E-state index is 11.8. The van der Waals surface area contributed by atoms with Crippen LogP contribution in [0.1, 0.15) is 35.2 Å². The first-order valence-electron chi connectivity index (χ1n) is 5.43. The lowest BCUT2D eigenvalue weighted by atomic mass is 10.0. The van der Waals surface area contributed by atoms with Crippen molar-refractivity contribution in [2.24, 2.45) is 0 Å². The van der Waals surface area contributed by atoms with Crippen molar-refractivity contribution >= 4 is 21.7 Å². The van der Waals surface area contributed by atoms with E-state index in [-0.39, 0.29) is 5.78 Å². The maximum Gasteiger partial charge on any atom is 0.162 e. The molecule has 16 heavy (non-hydrogen) atoms. The molecule has 0 saturated carbocycles. The van der Waals surface area contributed by atoms with Gasteiger partial charge in [0.05, 0.1) is 7.11 Å². The number of methoxy groups -OCH3 is 1. The Morgan fingerprint density at radius 1 is 1.38 bits per heavy atom. The van der Waals surface area contributed by atoms with Crippen LogP contribution in [-0.4, -0.2) is 18.2 Å². The summed E-state index contributed by atoms with van der Waals surface area (Å²) in [7, 11) is 1.64. The Balaban J connectivity index is 2.66. The van der Waals surface area contributed by atoms with Gasteiger partial charge in [-0.05, 0) is 43.5 Å². The predicted octanol–water partition coefficient (Wildman–Crippen LogP) is 3.75. The Kier molecular flexibility index (Phi) is 5.53. The topological polar surface area (TPSA) is 26.3 Å². The third-order valence-electron chi connectivity index (χ3n) is 2.50. The molecule has 0 N–H and O–H groups in total. The molecule has 0 aliphatic heterocycles. The molecule has 3 heteroatoms. The van der Waals surface area contributed by atoms with Gasteiger partial charge in [-0.3, -0.25) is 4.79 Å². The van der Waals surface area contributed by atoms with E-state index in [0.717, 1.165) is 35.0 Å². The molecule has 0 unspecified atom stereocenters. The van der Waals surface area contributed by atoms with Crippen molar-refractivity contribution in [3.05, 3.63) is 29.3 Å². The van der Waals surface area contributed by atoms with Crippen molar-refractivity contribution in [1.82, 2.24) is 0 Å². The summed E-state index contributed by atoms with van der Waals surface area (Å²) in [4.78, 5) is 11.8. The van der Waals surface area contributed by atoms with Gasteiger partial charge >= 0.3 is 0 Å². The number of ketones is 1. The van der Waals surface area contributed by atoms with E-state index in [1.165, 1.54) is 0 Å². The second kappa shape index (κ2) is 6.69. The highest BCUT2D eigenvalue weighted by atomic mass is 79.9. The molecule has 0 aliphatic rings. The molecule has 0 fully saturated rings. The summed E-state index contributed by atoms with van der Waals surface area (Å²) >= 11 is 3.36. The number of unbranched alkanes of at least 4 members (excludes halogenated alkanes) is 1. The van der Waals surface area contributed by atoms with E-state index in [4.69, 9.17) is 4.74 Å². The number of carbonyl (C=O) groups is 1. The molecule has 1 rings (SSSR count). The molecule has 88 valence electrons. The second-order valence-corrected chi connectivity index (χ2v) is 4.55. The molecule has 0 aromatic heterocycles. The van der Waals surface area contributed by atoms with Gasteiger partial charge in [0.2, 0.25) is 0 Å². The Hall–Kier alpha value is -0.830. The van der Waals surface area contributed by atoms with Crippen LogP contribution in [0.25, 0.3) is 0 Å². The summed E-state index contributed by atoms with van der Waals surface area (Å²) in [5.74, 6) is 1.05. The molecule has 0 aliphatic carbocycles. The number of hydrogen-bond acceptors (Lipinski definition) is 2. The first-order chi connectivity index (χ1) is 7.69. The van der Waals surface area contributed by atoms with Gasteiger partial charge in [0.1, 0.15) is 5.75 Å². The third kappa shape index (κ3) is 3.63. The lowest BCUT2D eigenvalue weighted by molar-refractivity contribution is 0.0980. The van der Waals surface area contributed by atoms with Gasteiger partial charge in [-0.25, -0.2) is 0 Å². The number of hydrogen-bond donors (Lipinski definition) is 0. The van der Waals surface area contributed by atoms with E-state index in [1.54, 1.807) is 7.11 Å². The number of ether oxygens (including phenoxy) is 1. The normalized spacial score (nSPS) is 10.2. The van der Waals surface area contributed by atoms with Gasteiger partial charge in [0.25, 0.3) is 0 Å². The van der Waals surface area contributed by atoms with Crippen LogP contribution in [0.15, 0.2) is 18.2 Å². The minimum absolute atomic E-state index is 0.215. The van der Waals surface area contributed by atoms with Crippen LogP contribution in [0.4, 0.5) is 0 Å². The molecule has 0 amide bonds. The highest BCUT2D eigenvalue weighted by molar-refractivity contribution is 9.09. The predicted molar refractivity (Wildman–Crippen MR) is 69.7 cm³/mol. The first kappa shape index (κ1) is 13.2. The zero-order valence-corrected chi connectivity index (χ0v) is 11.3. The Morgan fingerprint density at radius 2 is 2.12 bits per heavy atom. The number of carbonyl (C=O) groups excluding carboxylic acids is 1. The summed E-state index contributed by atoms with van der Waals surface area (Å²) in [5, 5.41) is 0.960. The number of benzene rings is 1. The number of alkyl halides is 1. The zero-order valence-electron chi connectivity index (χ0n) is 9.75. The third-order valence-corrected chi connectivity index (χ3v) is 3.07. The zero-order chi connectivity index (χ0) is 12.0. The molecule has 1 aromatic rings. The SMILES string of the molecule is COc1ccc(C(=O)CCCCBr)cc1C. The molecular formula is C13H17BrO2. The molecule has 1 aromatic carbocycles. The molecular weight excluding hydrogens is 268 g/mol. The van der Waals surface area contributed by atoms with E-state index in [2.05, 4.69) is 15.9 Å². The average Bonchev–Trinajstić information content (AvgIpc) is 2.29. The summed E-state index contributed by atoms with van der Waals surface area (Å²) in [5.41, 5.74) is 1.79. The first-order valence-corrected chi connectivity index (χ1v) is 6.55. The Labute approximate surface area is 105 Å². The van der Waals surface area contributed by atoms with Gasteiger partial charge in [0.15, 0.2) is 5.78 Å². The summed E-state index contributed by atoms with van der Waals surface area (Å²) in [6, 6.07) is 5.59. The van der Waals surface area contributed by atoms with Crippen LogP contribution >= 0.6 is 15.9 Å². The van der Waals surface area contributed by atoms with Crippen molar-refractivity contribution < 1.29 is 9.53 Å². The molecule has 0 spiro atoms. The van der Waals surface area contributed by atoms with Crippen LogP contribution in [0.3, 0.4) is 0 Å². The van der Waals surface area contributed by atoms with Crippen molar-refractivity contribution in [2.75, 3.05) is 12.4 Å². The Bertz CT molecular complexity index is 361. The van der Waals surface area contributed by atoms with Crippen LogP contribution in [0, 0.1) is 6.92 Å². The fourth-order valence-corrected chi connectivity index (χ4v) is 1.97. The van der Waals surface area contributed by atoms with E-state index in [1.807, 2.05) is 25.1 Å². The average molecular weight is 285 g/mol. The van der Waals surface area contributed by atoms with E-state index >= 15 is 0 Å². The fourth-order valence-electron chi connectivity index (χ4n) is 1.58. The van der Waals surface area contributed by atoms with E-state index in [9.17, 15) is 4.79 Å². The smallest absolute Gasteiger partial charge is 0.162 e. The summed E-state index contributed by atoms with van der Waals surface area (Å²) < 4.78 is 5.16. The maximum absolute atomic E-state index is 11.8. The quantitative estimate of drug-likeness (QED) is 0.452. The molecule has 0 radical (unpaired) electrons. The molecule has 0 bridgehead atoms. The van der Waals surface area contributed by atoms with Gasteiger partial charge in [0, 0.05) is 17.3 Å². The largest absolute Gasteiger partial charge is 0.496 e. The highest BCUT2D eigenvalue weighted by Gasteiger charge is 2.07. The molecule has 0 atom stereocenters. The minimum atomic E-state index is 0.215. The number of Topliss-reactive ketones (excluding diaryl/α,β-unsaturated/α-hetero) is 1. The molecule has 2 nitrogen and oxygen atoms in total. The van der Waals surface area contributed by atoms with Crippen LogP contribution in [0.5, 0.6) is 5.75 Å². The summed E-state index contributed by atoms with van der Waals surface area (Å²) in [6.07, 6.45) is 2.60. The van der Waals surface area contributed by atoms with E-state index < -0.39 is 0 Å². The monoisotopic (exact) mass is 284 g/mol. The van der Waals surface area contributed by atoms with Crippen molar-refractivity contribution in [3.63, 3.8) is 0 Å². The fraction of sp³-hybridized carbons (Fsp3) is 0.462. The van der Waals surface area contributed by atoms with Gasteiger partial charge in [-0.1, -0.05) is 15.9 Å². The summed E-state index contributed by atoms with van der Waals surface area (Å²) in [6.45, 7) is 1.95. The lowest BCUT2D eigenvalue weighted by Gasteiger charge is -2.06. The van der Waals surface area contributed by atoms with Gasteiger partial charge in [-0.2, -0.15) is 0 Å². The second-order valence-electron chi connectivity index (χ2n) is 3.75. The van der Waals surface area contributed by atoms with Gasteiger partial charge in [-0.15, -0.1) is 0 Å². The Morgan fingerprint density at radius 3 is 2.69 bits per heavy atom. The van der Waals surface area contributed by atoms with Crippen molar-refractivity contribution in [2.45, 2.75) is 26.2 Å². The lowest BCUT2D eigenvalue weighted by Crippen LogP contribution is -2.00. The highest BCUT2D eigenvalue weighted by Crippen LogP contribution is 2.19. The number of aryl methyl sites for hydroxylation is 1. The van der Waals surface area contributed by atoms with Crippen molar-refractivity contribution in [3.8, 4) is 5.75 Å². The van der Waals surface area contributed by atoms with Crippen LogP contribution in [-0.2, 0) is 0 Å². The molecule has 0 saturated heterocycles.